The molecule has 122 valence electrons. The van der Waals surface area contributed by atoms with E-state index in [2.05, 4.69) is 26.8 Å². The maximum absolute atomic E-state index is 11.9. The van der Waals surface area contributed by atoms with E-state index in [1.54, 1.807) is 18.2 Å². The average molecular weight is 373 g/mol. The number of carbonyl (C=O) groups excluding carboxylic acids is 2. The van der Waals surface area contributed by atoms with Gasteiger partial charge in [0.15, 0.2) is 0 Å². The summed E-state index contributed by atoms with van der Waals surface area (Å²) in [6.07, 6.45) is 1.10. The Hall–Kier alpha value is -1.60. The summed E-state index contributed by atoms with van der Waals surface area (Å²) >= 11 is 3.36. The summed E-state index contributed by atoms with van der Waals surface area (Å²) in [7, 11) is 0. The molecule has 1 rings (SSSR count). The van der Waals surface area contributed by atoms with Gasteiger partial charge in [0.25, 0.3) is 5.91 Å². The second-order valence-electron chi connectivity index (χ2n) is 4.44. The molecule has 0 atom stereocenters. The summed E-state index contributed by atoms with van der Waals surface area (Å²) < 4.78 is 11.3. The number of carbonyl (C=O) groups is 2. The van der Waals surface area contributed by atoms with Crippen LogP contribution in [0.15, 0.2) is 22.7 Å². The van der Waals surface area contributed by atoms with Gasteiger partial charge in [-0.1, -0.05) is 6.92 Å². The Morgan fingerprint density at radius 3 is 2.59 bits per heavy atom. The molecule has 0 saturated heterocycles. The molecular weight excluding hydrogens is 352 g/mol. The van der Waals surface area contributed by atoms with Crippen LogP contribution in [0.4, 0.5) is 0 Å². The molecule has 0 heterocycles. The van der Waals surface area contributed by atoms with Crippen molar-refractivity contribution in [2.45, 2.75) is 26.7 Å². The Bertz CT molecular complexity index is 508. The molecule has 0 spiro atoms. The zero-order valence-electron chi connectivity index (χ0n) is 12.8. The summed E-state index contributed by atoms with van der Waals surface area (Å²) in [6, 6.07) is 5.00. The van der Waals surface area contributed by atoms with Gasteiger partial charge in [-0.2, -0.15) is 0 Å². The fourth-order valence-corrected chi connectivity index (χ4v) is 2.03. The summed E-state index contributed by atoms with van der Waals surface area (Å²) in [6.45, 7) is 5.36. The van der Waals surface area contributed by atoms with Gasteiger partial charge in [0.05, 0.1) is 24.1 Å². The number of amides is 2. The lowest BCUT2D eigenvalue weighted by Crippen LogP contribution is -2.41. The molecule has 0 aliphatic heterocycles. The highest BCUT2D eigenvalue weighted by Gasteiger charge is 2.10. The molecular formula is C15H21BrN2O4. The minimum Gasteiger partial charge on any atom is -0.492 e. The molecule has 0 saturated carbocycles. The molecule has 2 amide bonds. The van der Waals surface area contributed by atoms with Gasteiger partial charge in [0.2, 0.25) is 5.91 Å². The molecule has 0 aromatic heterocycles. The summed E-state index contributed by atoms with van der Waals surface area (Å²) in [5.41, 5.74) is 5.12. The Labute approximate surface area is 138 Å². The zero-order valence-corrected chi connectivity index (χ0v) is 14.4. The van der Waals surface area contributed by atoms with Crippen molar-refractivity contribution in [1.82, 2.24) is 10.9 Å². The van der Waals surface area contributed by atoms with Crippen LogP contribution in [0.2, 0.25) is 0 Å². The Balaban J connectivity index is 2.48. The van der Waals surface area contributed by atoms with Crippen LogP contribution in [0.1, 0.15) is 37.0 Å². The highest BCUT2D eigenvalue weighted by molar-refractivity contribution is 9.10. The van der Waals surface area contributed by atoms with Crippen molar-refractivity contribution in [2.75, 3.05) is 19.8 Å². The van der Waals surface area contributed by atoms with Gasteiger partial charge in [0, 0.05) is 12.2 Å². The first-order valence-electron chi connectivity index (χ1n) is 7.17. The van der Waals surface area contributed by atoms with Crippen LogP contribution in [-0.4, -0.2) is 31.6 Å². The monoisotopic (exact) mass is 372 g/mol. The standard InChI is InChI=1S/C15H21BrN2O4/c1-3-8-22-13-6-5-11(10-12(13)16)15(20)18-17-14(19)7-9-21-4-2/h5-6,10H,3-4,7-9H2,1-2H3,(H,17,19)(H,18,20). The number of hydrogen-bond acceptors (Lipinski definition) is 4. The maximum atomic E-state index is 11.9. The number of hydrogen-bond donors (Lipinski definition) is 2. The Kier molecular flexibility index (Phi) is 8.54. The first-order valence-corrected chi connectivity index (χ1v) is 7.97. The molecule has 1 aromatic rings. The first-order chi connectivity index (χ1) is 10.6. The van der Waals surface area contributed by atoms with Crippen molar-refractivity contribution >= 4 is 27.7 Å². The second-order valence-corrected chi connectivity index (χ2v) is 5.30. The predicted octanol–water partition coefficient (Wildman–Crippen LogP) is 2.43. The van der Waals surface area contributed by atoms with Gasteiger partial charge in [-0.25, -0.2) is 0 Å². The highest BCUT2D eigenvalue weighted by atomic mass is 79.9. The number of hydrazine groups is 1. The Morgan fingerprint density at radius 1 is 1.18 bits per heavy atom. The van der Waals surface area contributed by atoms with Crippen LogP contribution in [0.5, 0.6) is 5.75 Å². The van der Waals surface area contributed by atoms with Gasteiger partial charge >= 0.3 is 0 Å². The van der Waals surface area contributed by atoms with Crippen LogP contribution in [-0.2, 0) is 9.53 Å². The van der Waals surface area contributed by atoms with E-state index in [-0.39, 0.29) is 12.3 Å². The van der Waals surface area contributed by atoms with Crippen molar-refractivity contribution in [3.8, 4) is 5.75 Å². The van der Waals surface area contributed by atoms with Crippen LogP contribution in [0, 0.1) is 0 Å². The van der Waals surface area contributed by atoms with E-state index in [0.29, 0.717) is 35.6 Å². The summed E-state index contributed by atoms with van der Waals surface area (Å²) in [5.74, 6) is -0.0181. The third kappa shape index (κ3) is 6.44. The van der Waals surface area contributed by atoms with Crippen LogP contribution >= 0.6 is 15.9 Å². The molecule has 0 aliphatic carbocycles. The second kappa shape index (κ2) is 10.2. The molecule has 1 aromatic carbocycles. The maximum Gasteiger partial charge on any atom is 0.269 e. The zero-order chi connectivity index (χ0) is 16.4. The third-order valence-electron chi connectivity index (χ3n) is 2.65. The predicted molar refractivity (Wildman–Crippen MR) is 86.6 cm³/mol. The van der Waals surface area contributed by atoms with Crippen LogP contribution in [0.25, 0.3) is 0 Å². The van der Waals surface area contributed by atoms with Gasteiger partial charge in [-0.15, -0.1) is 0 Å². The van der Waals surface area contributed by atoms with Crippen molar-refractivity contribution in [3.63, 3.8) is 0 Å². The smallest absolute Gasteiger partial charge is 0.269 e. The van der Waals surface area contributed by atoms with E-state index < -0.39 is 5.91 Å². The van der Waals surface area contributed by atoms with E-state index >= 15 is 0 Å². The quantitative estimate of drug-likeness (QED) is 0.542. The molecule has 0 unspecified atom stereocenters. The number of nitrogens with one attached hydrogen (secondary N) is 2. The highest BCUT2D eigenvalue weighted by Crippen LogP contribution is 2.26. The molecule has 7 heteroatoms. The number of benzene rings is 1. The molecule has 22 heavy (non-hydrogen) atoms. The number of ether oxygens (including phenoxy) is 2. The SMILES string of the molecule is CCCOc1ccc(C(=O)NNC(=O)CCOCC)cc1Br. The number of halogens is 1. The van der Waals surface area contributed by atoms with Crippen molar-refractivity contribution < 1.29 is 19.1 Å². The van der Waals surface area contributed by atoms with E-state index in [0.717, 1.165) is 6.42 Å². The van der Waals surface area contributed by atoms with Crippen LogP contribution < -0.4 is 15.6 Å². The lowest BCUT2D eigenvalue weighted by Gasteiger charge is -2.10. The molecule has 2 N–H and O–H groups in total. The first kappa shape index (κ1) is 18.4. The molecule has 0 aliphatic rings. The van der Waals surface area contributed by atoms with Gasteiger partial charge < -0.3 is 9.47 Å². The van der Waals surface area contributed by atoms with E-state index in [1.165, 1.54) is 0 Å². The molecule has 6 nitrogen and oxygen atoms in total. The van der Waals surface area contributed by atoms with Crippen molar-refractivity contribution in [2.24, 2.45) is 0 Å². The van der Waals surface area contributed by atoms with Crippen molar-refractivity contribution in [3.05, 3.63) is 28.2 Å². The minimum atomic E-state index is -0.396. The van der Waals surface area contributed by atoms with Gasteiger partial charge in [0.1, 0.15) is 5.75 Å². The van der Waals surface area contributed by atoms with Gasteiger partial charge in [-0.3, -0.25) is 20.4 Å². The number of rotatable bonds is 8. The molecule has 0 radical (unpaired) electrons. The largest absolute Gasteiger partial charge is 0.492 e. The summed E-state index contributed by atoms with van der Waals surface area (Å²) in [4.78, 5) is 23.4. The normalized spacial score (nSPS) is 10.1. The average Bonchev–Trinajstić information content (AvgIpc) is 2.51. The Morgan fingerprint density at radius 2 is 1.95 bits per heavy atom. The summed E-state index contributed by atoms with van der Waals surface area (Å²) in [5, 5.41) is 0. The third-order valence-corrected chi connectivity index (χ3v) is 3.27. The van der Waals surface area contributed by atoms with Crippen molar-refractivity contribution in [1.29, 1.82) is 0 Å². The van der Waals surface area contributed by atoms with Gasteiger partial charge in [-0.05, 0) is 47.5 Å². The molecule has 0 bridgehead atoms. The lowest BCUT2D eigenvalue weighted by atomic mass is 10.2. The fraction of sp³-hybridized carbons (Fsp3) is 0.467. The minimum absolute atomic E-state index is 0.196. The van der Waals surface area contributed by atoms with E-state index in [1.807, 2.05) is 13.8 Å². The lowest BCUT2D eigenvalue weighted by molar-refractivity contribution is -0.122. The van der Waals surface area contributed by atoms with E-state index in [4.69, 9.17) is 9.47 Å². The fourth-order valence-electron chi connectivity index (χ4n) is 1.54. The topological polar surface area (TPSA) is 76.7 Å². The molecule has 0 fully saturated rings. The van der Waals surface area contributed by atoms with Crippen LogP contribution in [0.3, 0.4) is 0 Å². The van der Waals surface area contributed by atoms with E-state index in [9.17, 15) is 9.59 Å².